The maximum Gasteiger partial charge on any atom is 0.288 e. The number of imide groups is 1. The predicted octanol–water partition coefficient (Wildman–Crippen LogP) is 2.29. The van der Waals surface area contributed by atoms with Gasteiger partial charge >= 0.3 is 0 Å². The molecule has 1 N–H and O–H groups in total. The molecule has 1 aliphatic heterocycles. The summed E-state index contributed by atoms with van der Waals surface area (Å²) in [7, 11) is 0. The van der Waals surface area contributed by atoms with Gasteiger partial charge in [-0.15, -0.1) is 0 Å². The van der Waals surface area contributed by atoms with E-state index < -0.39 is 5.41 Å². The second-order valence-electron chi connectivity index (χ2n) is 5.45. The minimum Gasteiger partial charge on any atom is -0.354 e. The van der Waals surface area contributed by atoms with E-state index in [1.807, 2.05) is 24.3 Å². The molecule has 0 unspecified atom stereocenters. The van der Waals surface area contributed by atoms with E-state index in [0.29, 0.717) is 6.54 Å². The Bertz CT molecular complexity index is 629. The first kappa shape index (κ1) is 15.6. The summed E-state index contributed by atoms with van der Waals surface area (Å²) in [6, 6.07) is 7.78. The van der Waals surface area contributed by atoms with E-state index in [2.05, 4.69) is 21.2 Å². The lowest BCUT2D eigenvalue weighted by Gasteiger charge is -2.18. The molecule has 3 amide bonds. The predicted molar refractivity (Wildman–Crippen MR) is 87.6 cm³/mol. The summed E-state index contributed by atoms with van der Waals surface area (Å²) in [4.78, 5) is 36.6. The summed E-state index contributed by atoms with van der Waals surface area (Å²) >= 11 is 4.43. The van der Waals surface area contributed by atoms with Crippen molar-refractivity contribution in [3.63, 3.8) is 0 Å². The van der Waals surface area contributed by atoms with Crippen molar-refractivity contribution in [3.05, 3.63) is 34.3 Å². The van der Waals surface area contributed by atoms with Gasteiger partial charge in [0.15, 0.2) is 0 Å². The molecule has 1 saturated carbocycles. The van der Waals surface area contributed by atoms with Crippen LogP contribution < -0.4 is 5.32 Å². The number of halogens is 1. The molecule has 116 valence electrons. The molecule has 1 aliphatic carbocycles. The standard InChI is InChI=1S/C15H15BrN2O3S/c16-11-3-1-2-10(8-11)15(4-5-15)13(20)17-6-7-18-12(19)9-22-14(18)21/h1-3,8H,4-7,9H2,(H,17,20). The molecule has 1 saturated heterocycles. The summed E-state index contributed by atoms with van der Waals surface area (Å²) in [5, 5.41) is 2.63. The zero-order chi connectivity index (χ0) is 15.7. The van der Waals surface area contributed by atoms with Crippen LogP contribution in [-0.4, -0.2) is 40.8 Å². The lowest BCUT2D eigenvalue weighted by Crippen LogP contribution is -2.41. The van der Waals surface area contributed by atoms with Gasteiger partial charge in [-0.2, -0.15) is 0 Å². The van der Waals surface area contributed by atoms with Crippen LogP contribution in [0.15, 0.2) is 28.7 Å². The quantitative estimate of drug-likeness (QED) is 0.848. The van der Waals surface area contributed by atoms with Gasteiger partial charge < -0.3 is 5.32 Å². The molecule has 1 heterocycles. The summed E-state index contributed by atoms with van der Waals surface area (Å²) in [6.45, 7) is 0.539. The number of benzene rings is 1. The number of hydrogen-bond acceptors (Lipinski definition) is 4. The van der Waals surface area contributed by atoms with Gasteiger partial charge in [-0.25, -0.2) is 0 Å². The van der Waals surface area contributed by atoms with Gasteiger partial charge in [0.25, 0.3) is 5.24 Å². The Kier molecular flexibility index (Phi) is 4.27. The number of hydrogen-bond donors (Lipinski definition) is 1. The van der Waals surface area contributed by atoms with Crippen molar-refractivity contribution >= 4 is 44.7 Å². The third-order valence-corrected chi connectivity index (χ3v) is 5.38. The summed E-state index contributed by atoms with van der Waals surface area (Å²) in [6.07, 6.45) is 1.65. The fraction of sp³-hybridized carbons (Fsp3) is 0.400. The maximum absolute atomic E-state index is 12.5. The van der Waals surface area contributed by atoms with E-state index in [4.69, 9.17) is 0 Å². The Morgan fingerprint density at radius 3 is 2.73 bits per heavy atom. The van der Waals surface area contributed by atoms with Crippen LogP contribution in [0.5, 0.6) is 0 Å². The molecule has 1 aromatic carbocycles. The van der Waals surface area contributed by atoms with Gasteiger partial charge in [-0.3, -0.25) is 19.3 Å². The number of rotatable bonds is 5. The normalized spacial score (nSPS) is 19.4. The Hall–Kier alpha value is -1.34. The first-order valence-electron chi connectivity index (χ1n) is 7.04. The zero-order valence-electron chi connectivity index (χ0n) is 11.8. The molecule has 5 nitrogen and oxygen atoms in total. The van der Waals surface area contributed by atoms with Crippen LogP contribution in [0, 0.1) is 0 Å². The van der Waals surface area contributed by atoms with E-state index in [-0.39, 0.29) is 29.4 Å². The van der Waals surface area contributed by atoms with Crippen LogP contribution in [-0.2, 0) is 15.0 Å². The van der Waals surface area contributed by atoms with Crippen molar-refractivity contribution in [2.75, 3.05) is 18.8 Å². The molecule has 0 radical (unpaired) electrons. The van der Waals surface area contributed by atoms with E-state index in [0.717, 1.165) is 34.6 Å². The van der Waals surface area contributed by atoms with Gasteiger partial charge in [-0.1, -0.05) is 39.8 Å². The Balaban J connectivity index is 1.58. The minimum atomic E-state index is -0.447. The second-order valence-corrected chi connectivity index (χ2v) is 7.29. The number of amides is 3. The van der Waals surface area contributed by atoms with Crippen LogP contribution in [0.2, 0.25) is 0 Å². The van der Waals surface area contributed by atoms with Crippen LogP contribution in [0.4, 0.5) is 4.79 Å². The van der Waals surface area contributed by atoms with Crippen LogP contribution in [0.25, 0.3) is 0 Å². The molecule has 0 spiro atoms. The maximum atomic E-state index is 12.5. The highest BCUT2D eigenvalue weighted by molar-refractivity contribution is 9.10. The van der Waals surface area contributed by atoms with Gasteiger partial charge in [-0.05, 0) is 30.5 Å². The molecule has 1 aromatic rings. The van der Waals surface area contributed by atoms with Crippen molar-refractivity contribution in [2.24, 2.45) is 0 Å². The number of nitrogens with one attached hydrogen (secondary N) is 1. The average Bonchev–Trinajstić information content (AvgIpc) is 3.25. The fourth-order valence-corrected chi connectivity index (χ4v) is 3.76. The highest BCUT2D eigenvalue weighted by Gasteiger charge is 2.51. The molecular weight excluding hydrogens is 368 g/mol. The van der Waals surface area contributed by atoms with Gasteiger partial charge in [0.2, 0.25) is 11.8 Å². The number of thioether (sulfide) groups is 1. The Labute approximate surface area is 140 Å². The average molecular weight is 383 g/mol. The van der Waals surface area contributed by atoms with E-state index in [9.17, 15) is 14.4 Å². The highest BCUT2D eigenvalue weighted by atomic mass is 79.9. The first-order chi connectivity index (χ1) is 10.5. The van der Waals surface area contributed by atoms with Gasteiger partial charge in [0, 0.05) is 17.6 Å². The monoisotopic (exact) mass is 382 g/mol. The summed E-state index contributed by atoms with van der Waals surface area (Å²) in [5.74, 6) is -0.0101. The van der Waals surface area contributed by atoms with Crippen LogP contribution in [0.1, 0.15) is 18.4 Å². The van der Waals surface area contributed by atoms with Crippen molar-refractivity contribution in [3.8, 4) is 0 Å². The molecule has 0 atom stereocenters. The molecule has 3 rings (SSSR count). The van der Waals surface area contributed by atoms with Crippen molar-refractivity contribution in [1.29, 1.82) is 0 Å². The molecule has 0 bridgehead atoms. The smallest absolute Gasteiger partial charge is 0.288 e. The Morgan fingerprint density at radius 2 is 2.14 bits per heavy atom. The molecule has 2 aliphatic rings. The lowest BCUT2D eigenvalue weighted by molar-refractivity contribution is -0.126. The van der Waals surface area contributed by atoms with Crippen molar-refractivity contribution in [2.45, 2.75) is 18.3 Å². The van der Waals surface area contributed by atoms with Crippen LogP contribution in [0.3, 0.4) is 0 Å². The molecular formula is C15H15BrN2O3S. The second kappa shape index (κ2) is 6.04. The Morgan fingerprint density at radius 1 is 1.36 bits per heavy atom. The highest BCUT2D eigenvalue weighted by Crippen LogP contribution is 2.48. The largest absolute Gasteiger partial charge is 0.354 e. The third-order valence-electron chi connectivity index (χ3n) is 4.02. The zero-order valence-corrected chi connectivity index (χ0v) is 14.2. The molecule has 22 heavy (non-hydrogen) atoms. The summed E-state index contributed by atoms with van der Waals surface area (Å²) < 4.78 is 0.953. The molecule has 7 heteroatoms. The first-order valence-corrected chi connectivity index (χ1v) is 8.82. The van der Waals surface area contributed by atoms with Crippen LogP contribution >= 0.6 is 27.7 Å². The van der Waals surface area contributed by atoms with Crippen molar-refractivity contribution in [1.82, 2.24) is 10.2 Å². The molecule has 2 fully saturated rings. The van der Waals surface area contributed by atoms with E-state index in [1.165, 1.54) is 4.90 Å². The third kappa shape index (κ3) is 2.92. The molecule has 0 aromatic heterocycles. The SMILES string of the molecule is O=C1CSC(=O)N1CCNC(=O)C1(c2cccc(Br)c2)CC1. The summed E-state index contributed by atoms with van der Waals surface area (Å²) in [5.41, 5.74) is 0.556. The number of carbonyl (C=O) groups excluding carboxylic acids is 3. The minimum absolute atomic E-state index is 0.0302. The van der Waals surface area contributed by atoms with Crippen molar-refractivity contribution < 1.29 is 14.4 Å². The van der Waals surface area contributed by atoms with Gasteiger partial charge in [0.05, 0.1) is 11.2 Å². The fourth-order valence-electron chi connectivity index (χ4n) is 2.61. The van der Waals surface area contributed by atoms with Gasteiger partial charge in [0.1, 0.15) is 0 Å². The van der Waals surface area contributed by atoms with E-state index in [1.54, 1.807) is 0 Å². The topological polar surface area (TPSA) is 66.5 Å². The lowest BCUT2D eigenvalue weighted by atomic mass is 9.95. The van der Waals surface area contributed by atoms with E-state index >= 15 is 0 Å². The number of carbonyl (C=O) groups is 3. The number of nitrogens with zero attached hydrogens (tertiary/aromatic N) is 1.